The van der Waals surface area contributed by atoms with E-state index in [0.717, 1.165) is 0 Å². The fourth-order valence-electron chi connectivity index (χ4n) is 1.96. The average Bonchev–Trinajstić information content (AvgIpc) is 2.94. The van der Waals surface area contributed by atoms with E-state index in [-0.39, 0.29) is 16.7 Å². The molecule has 0 spiro atoms. The van der Waals surface area contributed by atoms with Crippen LogP contribution in [0.2, 0.25) is 5.15 Å². The van der Waals surface area contributed by atoms with Gasteiger partial charge in [0.15, 0.2) is 22.4 Å². The zero-order valence-electron chi connectivity index (χ0n) is 11.3. The van der Waals surface area contributed by atoms with Gasteiger partial charge in [-0.3, -0.25) is 0 Å². The van der Waals surface area contributed by atoms with Crippen molar-refractivity contribution >= 4 is 11.6 Å². The van der Waals surface area contributed by atoms with E-state index in [9.17, 15) is 9.90 Å². The Bertz CT molecular complexity index is 888. The van der Waals surface area contributed by atoms with Gasteiger partial charge in [-0.15, -0.1) is 0 Å². The number of methoxy groups -OCH3 is 1. The van der Waals surface area contributed by atoms with Gasteiger partial charge in [0.05, 0.1) is 18.5 Å². The smallest absolute Gasteiger partial charge is 0.346 e. The third kappa shape index (κ3) is 2.66. The predicted octanol–water partition coefficient (Wildman–Crippen LogP) is 2.46. The van der Waals surface area contributed by atoms with E-state index in [1.807, 2.05) is 0 Å². The number of nitrogens with one attached hydrogen (secondary N) is 1. The Kier molecular flexibility index (Phi) is 3.56. The molecule has 0 fully saturated rings. The zero-order chi connectivity index (χ0) is 15.7. The van der Waals surface area contributed by atoms with E-state index in [0.29, 0.717) is 22.7 Å². The first-order valence-electron chi connectivity index (χ1n) is 6.18. The Morgan fingerprint density at radius 1 is 1.32 bits per heavy atom. The molecule has 0 unspecified atom stereocenters. The molecule has 8 heteroatoms. The van der Waals surface area contributed by atoms with Crippen LogP contribution >= 0.6 is 11.6 Å². The third-order valence-corrected chi connectivity index (χ3v) is 3.15. The molecule has 2 N–H and O–H groups in total. The molecule has 0 aliphatic carbocycles. The van der Waals surface area contributed by atoms with Gasteiger partial charge in [-0.25, -0.2) is 4.79 Å². The van der Waals surface area contributed by atoms with Gasteiger partial charge < -0.3 is 19.4 Å². The van der Waals surface area contributed by atoms with E-state index >= 15 is 0 Å². The van der Waals surface area contributed by atoms with Crippen molar-refractivity contribution in [3.05, 3.63) is 46.0 Å². The summed E-state index contributed by atoms with van der Waals surface area (Å²) < 4.78 is 10.1. The Hall–Kier alpha value is -2.80. The molecule has 1 aromatic carbocycles. The molecule has 0 aliphatic heterocycles. The van der Waals surface area contributed by atoms with Gasteiger partial charge in [0.1, 0.15) is 0 Å². The summed E-state index contributed by atoms with van der Waals surface area (Å²) in [5, 5.41) is 13.4. The number of halogens is 1. The highest BCUT2D eigenvalue weighted by molar-refractivity contribution is 6.29. The lowest BCUT2D eigenvalue weighted by Crippen LogP contribution is -2.11. The highest BCUT2D eigenvalue weighted by atomic mass is 35.5. The zero-order valence-corrected chi connectivity index (χ0v) is 12.1. The van der Waals surface area contributed by atoms with Crippen LogP contribution in [0.5, 0.6) is 11.5 Å². The molecule has 22 heavy (non-hydrogen) atoms. The number of phenols is 1. The molecule has 0 atom stereocenters. The normalized spacial score (nSPS) is 10.6. The molecule has 3 aromatic rings. The Labute approximate surface area is 129 Å². The number of aromatic hydroxyl groups is 1. The van der Waals surface area contributed by atoms with Crippen molar-refractivity contribution in [1.82, 2.24) is 15.1 Å². The predicted molar refractivity (Wildman–Crippen MR) is 79.0 cm³/mol. The number of rotatable bonds is 3. The molecular weight excluding hydrogens is 310 g/mol. The Balaban J connectivity index is 2.12. The minimum absolute atomic E-state index is 0.00155. The van der Waals surface area contributed by atoms with Gasteiger partial charge in [0.25, 0.3) is 0 Å². The summed E-state index contributed by atoms with van der Waals surface area (Å²) in [6.07, 6.45) is 0. The number of phenolic OH excluding ortho intramolecular Hbond substituents is 1. The van der Waals surface area contributed by atoms with Gasteiger partial charge in [-0.05, 0) is 24.3 Å². The van der Waals surface area contributed by atoms with Gasteiger partial charge in [0.2, 0.25) is 0 Å². The van der Waals surface area contributed by atoms with Gasteiger partial charge in [0, 0.05) is 11.6 Å². The van der Waals surface area contributed by atoms with Crippen LogP contribution in [0.3, 0.4) is 0 Å². The standard InChI is InChI=1S/C14H10ClN3O4/c1-21-12-4-7(2-3-10(12)19)8-5-9(17-14(20)16-8)11-6-13(15)18-22-11/h2-6,19H,1H3,(H,16,17,20). The summed E-state index contributed by atoms with van der Waals surface area (Å²) in [5.74, 6) is 0.596. The summed E-state index contributed by atoms with van der Waals surface area (Å²) in [7, 11) is 1.44. The SMILES string of the molecule is COc1cc(-c2cc(-c3cc(Cl)no3)[nH]c(=O)n2)ccc1O. The number of aromatic amines is 1. The number of aromatic nitrogens is 3. The van der Waals surface area contributed by atoms with E-state index in [2.05, 4.69) is 15.1 Å². The number of hydrogen-bond donors (Lipinski definition) is 2. The molecule has 0 amide bonds. The van der Waals surface area contributed by atoms with Crippen molar-refractivity contribution in [2.24, 2.45) is 0 Å². The number of ether oxygens (including phenoxy) is 1. The molecular formula is C14H10ClN3O4. The second-order valence-corrected chi connectivity index (χ2v) is 4.77. The molecule has 2 heterocycles. The Morgan fingerprint density at radius 2 is 2.14 bits per heavy atom. The summed E-state index contributed by atoms with van der Waals surface area (Å²) >= 11 is 5.71. The molecule has 2 aromatic heterocycles. The van der Waals surface area contributed by atoms with Crippen molar-refractivity contribution in [3.63, 3.8) is 0 Å². The number of H-pyrrole nitrogens is 1. The van der Waals surface area contributed by atoms with Crippen molar-refractivity contribution in [1.29, 1.82) is 0 Å². The quantitative estimate of drug-likeness (QED) is 0.769. The molecule has 0 saturated carbocycles. The number of nitrogens with zero attached hydrogens (tertiary/aromatic N) is 2. The first kappa shape index (κ1) is 14.2. The lowest BCUT2D eigenvalue weighted by molar-refractivity contribution is 0.373. The number of hydrogen-bond acceptors (Lipinski definition) is 6. The van der Waals surface area contributed by atoms with Gasteiger partial charge in [-0.1, -0.05) is 16.8 Å². The maximum atomic E-state index is 11.7. The Morgan fingerprint density at radius 3 is 2.82 bits per heavy atom. The summed E-state index contributed by atoms with van der Waals surface area (Å²) in [5.41, 5.74) is 0.839. The van der Waals surface area contributed by atoms with Crippen molar-refractivity contribution < 1.29 is 14.4 Å². The summed E-state index contributed by atoms with van der Waals surface area (Å²) in [4.78, 5) is 18.2. The van der Waals surface area contributed by atoms with Crippen LogP contribution < -0.4 is 10.4 Å². The third-order valence-electron chi connectivity index (χ3n) is 2.97. The second-order valence-electron chi connectivity index (χ2n) is 4.39. The van der Waals surface area contributed by atoms with Crippen LogP contribution in [-0.2, 0) is 0 Å². The van der Waals surface area contributed by atoms with Crippen LogP contribution in [0, 0.1) is 0 Å². The lowest BCUT2D eigenvalue weighted by atomic mass is 10.1. The highest BCUT2D eigenvalue weighted by Crippen LogP contribution is 2.31. The maximum absolute atomic E-state index is 11.7. The van der Waals surface area contributed by atoms with E-state index in [1.165, 1.54) is 19.2 Å². The molecule has 0 saturated heterocycles. The highest BCUT2D eigenvalue weighted by Gasteiger charge is 2.11. The minimum Gasteiger partial charge on any atom is -0.504 e. The first-order valence-corrected chi connectivity index (χ1v) is 6.56. The second kappa shape index (κ2) is 5.53. The lowest BCUT2D eigenvalue weighted by Gasteiger charge is -2.06. The van der Waals surface area contributed by atoms with E-state index < -0.39 is 5.69 Å². The molecule has 3 rings (SSSR count). The largest absolute Gasteiger partial charge is 0.504 e. The average molecular weight is 320 g/mol. The minimum atomic E-state index is -0.549. The molecule has 112 valence electrons. The van der Waals surface area contributed by atoms with Crippen LogP contribution in [0.15, 0.2) is 39.6 Å². The van der Waals surface area contributed by atoms with Crippen LogP contribution in [0.4, 0.5) is 0 Å². The van der Waals surface area contributed by atoms with Crippen molar-refractivity contribution in [3.8, 4) is 34.2 Å². The molecule has 0 bridgehead atoms. The topological polar surface area (TPSA) is 101 Å². The fourth-order valence-corrected chi connectivity index (χ4v) is 2.09. The van der Waals surface area contributed by atoms with Crippen molar-refractivity contribution in [2.75, 3.05) is 7.11 Å². The van der Waals surface area contributed by atoms with Crippen LogP contribution in [0.25, 0.3) is 22.7 Å². The molecule has 7 nitrogen and oxygen atoms in total. The number of benzene rings is 1. The van der Waals surface area contributed by atoms with Crippen LogP contribution in [0.1, 0.15) is 0 Å². The van der Waals surface area contributed by atoms with E-state index in [1.54, 1.807) is 18.2 Å². The molecule has 0 aliphatic rings. The van der Waals surface area contributed by atoms with Gasteiger partial charge in [-0.2, -0.15) is 4.98 Å². The summed E-state index contributed by atoms with van der Waals surface area (Å²) in [6.45, 7) is 0. The monoisotopic (exact) mass is 319 g/mol. The molecule has 0 radical (unpaired) electrons. The van der Waals surface area contributed by atoms with Gasteiger partial charge >= 0.3 is 5.69 Å². The first-order chi connectivity index (χ1) is 10.6. The van der Waals surface area contributed by atoms with E-state index in [4.69, 9.17) is 20.9 Å². The maximum Gasteiger partial charge on any atom is 0.346 e. The van der Waals surface area contributed by atoms with Crippen LogP contribution in [-0.4, -0.2) is 27.3 Å². The fraction of sp³-hybridized carbons (Fsp3) is 0.0714. The summed E-state index contributed by atoms with van der Waals surface area (Å²) in [6, 6.07) is 7.76. The van der Waals surface area contributed by atoms with Crippen molar-refractivity contribution in [2.45, 2.75) is 0 Å².